The third-order valence-corrected chi connectivity index (χ3v) is 6.15. The van der Waals surface area contributed by atoms with E-state index in [0.717, 1.165) is 17.8 Å². The summed E-state index contributed by atoms with van der Waals surface area (Å²) in [5.41, 5.74) is 4.89. The van der Waals surface area contributed by atoms with Crippen LogP contribution in [0.25, 0.3) is 0 Å². The quantitative estimate of drug-likeness (QED) is 0.820. The molecule has 0 heterocycles. The number of benzene rings is 1. The average molecular weight is 255 g/mol. The summed E-state index contributed by atoms with van der Waals surface area (Å²) in [5.74, 6) is 3.11. The van der Waals surface area contributed by atoms with Gasteiger partial charge in [0.15, 0.2) is 0 Å². The van der Waals surface area contributed by atoms with Crippen LogP contribution in [0.3, 0.4) is 0 Å². The number of hydrogen-bond donors (Lipinski definition) is 1. The Morgan fingerprint density at radius 3 is 2.05 bits per heavy atom. The topological polar surface area (TPSA) is 12.0 Å². The SMILES string of the molecule is CNc1ccc(C23CC4CC(CC(C4)C2)C3)cc1C. The molecule has 4 bridgehead atoms. The second kappa shape index (κ2) is 4.01. The van der Waals surface area contributed by atoms with E-state index in [1.54, 1.807) is 5.56 Å². The van der Waals surface area contributed by atoms with Crippen molar-refractivity contribution in [3.8, 4) is 0 Å². The molecule has 0 saturated heterocycles. The van der Waals surface area contributed by atoms with Crippen LogP contribution in [0.1, 0.15) is 49.7 Å². The van der Waals surface area contributed by atoms with E-state index in [-0.39, 0.29) is 0 Å². The molecule has 1 heteroatoms. The lowest BCUT2D eigenvalue weighted by molar-refractivity contribution is -0.00520. The van der Waals surface area contributed by atoms with Gasteiger partial charge in [0.25, 0.3) is 0 Å². The molecule has 4 fully saturated rings. The molecule has 0 aromatic heterocycles. The molecule has 1 nitrogen and oxygen atoms in total. The third kappa shape index (κ3) is 1.74. The van der Waals surface area contributed by atoms with Gasteiger partial charge in [-0.05, 0) is 85.8 Å². The molecule has 4 aliphatic rings. The highest BCUT2D eigenvalue weighted by atomic mass is 14.8. The van der Waals surface area contributed by atoms with Crippen molar-refractivity contribution in [1.29, 1.82) is 0 Å². The Bertz CT molecular complexity index is 467. The Morgan fingerprint density at radius 1 is 1.00 bits per heavy atom. The highest BCUT2D eigenvalue weighted by molar-refractivity contribution is 5.53. The predicted octanol–water partition coefficient (Wildman–Crippen LogP) is 4.50. The van der Waals surface area contributed by atoms with E-state index in [1.807, 2.05) is 7.05 Å². The first-order valence-corrected chi connectivity index (χ1v) is 7.97. The normalized spacial score (nSPS) is 39.6. The molecular formula is C18H25N. The number of anilines is 1. The maximum absolute atomic E-state index is 3.30. The van der Waals surface area contributed by atoms with E-state index in [1.165, 1.54) is 49.8 Å². The Hall–Kier alpha value is -0.980. The van der Waals surface area contributed by atoms with Gasteiger partial charge in [-0.25, -0.2) is 0 Å². The van der Waals surface area contributed by atoms with Crippen molar-refractivity contribution in [2.24, 2.45) is 17.8 Å². The molecule has 0 radical (unpaired) electrons. The molecule has 4 aliphatic carbocycles. The van der Waals surface area contributed by atoms with Gasteiger partial charge in [0, 0.05) is 12.7 Å². The van der Waals surface area contributed by atoms with E-state index in [2.05, 4.69) is 30.4 Å². The van der Waals surface area contributed by atoms with Gasteiger partial charge >= 0.3 is 0 Å². The van der Waals surface area contributed by atoms with Crippen LogP contribution >= 0.6 is 0 Å². The highest BCUT2D eigenvalue weighted by Crippen LogP contribution is 2.60. The minimum absolute atomic E-state index is 0.547. The second-order valence-electron chi connectivity index (χ2n) is 7.48. The molecule has 4 saturated carbocycles. The van der Waals surface area contributed by atoms with Gasteiger partial charge in [-0.15, -0.1) is 0 Å². The summed E-state index contributed by atoms with van der Waals surface area (Å²) in [4.78, 5) is 0. The zero-order chi connectivity index (χ0) is 13.0. The zero-order valence-electron chi connectivity index (χ0n) is 12.2. The lowest BCUT2D eigenvalue weighted by Gasteiger charge is -2.57. The standard InChI is InChI=1S/C18H25N/c1-12-5-16(3-4-17(12)19-2)18-9-13-6-14(10-18)8-15(7-13)11-18/h3-5,13-15,19H,6-11H2,1-2H3. The molecule has 0 amide bonds. The van der Waals surface area contributed by atoms with Crippen molar-refractivity contribution in [1.82, 2.24) is 0 Å². The molecule has 19 heavy (non-hydrogen) atoms. The van der Waals surface area contributed by atoms with Gasteiger partial charge in [0.2, 0.25) is 0 Å². The van der Waals surface area contributed by atoms with Crippen LogP contribution in [0, 0.1) is 24.7 Å². The summed E-state index contributed by atoms with van der Waals surface area (Å²) >= 11 is 0. The summed E-state index contributed by atoms with van der Waals surface area (Å²) < 4.78 is 0. The highest BCUT2D eigenvalue weighted by Gasteiger charge is 2.51. The fraction of sp³-hybridized carbons (Fsp3) is 0.667. The first kappa shape index (κ1) is 11.8. The van der Waals surface area contributed by atoms with Crippen molar-refractivity contribution >= 4 is 5.69 Å². The van der Waals surface area contributed by atoms with Crippen molar-refractivity contribution < 1.29 is 0 Å². The zero-order valence-corrected chi connectivity index (χ0v) is 12.2. The van der Waals surface area contributed by atoms with E-state index in [0.29, 0.717) is 5.41 Å². The van der Waals surface area contributed by atoms with E-state index < -0.39 is 0 Å². The van der Waals surface area contributed by atoms with Crippen LogP contribution in [-0.2, 0) is 5.41 Å². The van der Waals surface area contributed by atoms with Crippen LogP contribution in [0.4, 0.5) is 5.69 Å². The molecule has 1 aromatic rings. The van der Waals surface area contributed by atoms with Gasteiger partial charge in [-0.1, -0.05) is 12.1 Å². The minimum atomic E-state index is 0.547. The van der Waals surface area contributed by atoms with E-state index in [9.17, 15) is 0 Å². The van der Waals surface area contributed by atoms with Crippen molar-refractivity contribution in [3.05, 3.63) is 29.3 Å². The number of nitrogens with one attached hydrogen (secondary N) is 1. The van der Waals surface area contributed by atoms with Gasteiger partial charge in [-0.2, -0.15) is 0 Å². The maximum Gasteiger partial charge on any atom is 0.0367 e. The minimum Gasteiger partial charge on any atom is -0.388 e. The van der Waals surface area contributed by atoms with Crippen molar-refractivity contribution in [3.63, 3.8) is 0 Å². The smallest absolute Gasteiger partial charge is 0.0367 e. The van der Waals surface area contributed by atoms with Crippen molar-refractivity contribution in [2.45, 2.75) is 50.9 Å². The molecule has 5 rings (SSSR count). The predicted molar refractivity (Wildman–Crippen MR) is 80.6 cm³/mol. The average Bonchev–Trinajstić information content (AvgIpc) is 2.37. The van der Waals surface area contributed by atoms with Gasteiger partial charge in [0.1, 0.15) is 0 Å². The molecule has 0 unspecified atom stereocenters. The third-order valence-electron chi connectivity index (χ3n) is 6.15. The number of aryl methyl sites for hydroxylation is 1. The van der Waals surface area contributed by atoms with Crippen molar-refractivity contribution in [2.75, 3.05) is 12.4 Å². The Labute approximate surface area is 116 Å². The lowest BCUT2D eigenvalue weighted by atomic mass is 9.48. The summed E-state index contributed by atoms with van der Waals surface area (Å²) in [6.07, 6.45) is 9.01. The van der Waals surface area contributed by atoms with E-state index in [4.69, 9.17) is 0 Å². The number of rotatable bonds is 2. The molecule has 1 N–H and O–H groups in total. The summed E-state index contributed by atoms with van der Waals surface area (Å²) in [6, 6.07) is 7.17. The summed E-state index contributed by atoms with van der Waals surface area (Å²) in [6.45, 7) is 2.25. The Morgan fingerprint density at radius 2 is 1.58 bits per heavy atom. The van der Waals surface area contributed by atoms with Crippen LogP contribution in [0.5, 0.6) is 0 Å². The summed E-state index contributed by atoms with van der Waals surface area (Å²) in [5, 5.41) is 3.30. The van der Waals surface area contributed by atoms with Crippen LogP contribution < -0.4 is 5.32 Å². The molecule has 102 valence electrons. The largest absolute Gasteiger partial charge is 0.388 e. The molecule has 1 aromatic carbocycles. The van der Waals surface area contributed by atoms with E-state index >= 15 is 0 Å². The molecular weight excluding hydrogens is 230 g/mol. The Balaban J connectivity index is 1.73. The van der Waals surface area contributed by atoms with Gasteiger partial charge in [-0.3, -0.25) is 0 Å². The molecule has 0 aliphatic heterocycles. The van der Waals surface area contributed by atoms with Crippen LogP contribution in [-0.4, -0.2) is 7.05 Å². The maximum atomic E-state index is 3.30. The number of hydrogen-bond acceptors (Lipinski definition) is 1. The fourth-order valence-electron chi connectivity index (χ4n) is 5.74. The molecule has 0 spiro atoms. The monoisotopic (exact) mass is 255 g/mol. The fourth-order valence-corrected chi connectivity index (χ4v) is 5.74. The molecule has 0 atom stereocenters. The Kier molecular flexibility index (Phi) is 2.49. The van der Waals surface area contributed by atoms with Crippen LogP contribution in [0.2, 0.25) is 0 Å². The van der Waals surface area contributed by atoms with Crippen LogP contribution in [0.15, 0.2) is 18.2 Å². The first-order chi connectivity index (χ1) is 9.18. The van der Waals surface area contributed by atoms with Gasteiger partial charge < -0.3 is 5.32 Å². The first-order valence-electron chi connectivity index (χ1n) is 7.97. The second-order valence-corrected chi connectivity index (χ2v) is 7.48. The van der Waals surface area contributed by atoms with Gasteiger partial charge in [0.05, 0.1) is 0 Å². The summed E-state index contributed by atoms with van der Waals surface area (Å²) in [7, 11) is 2.02. The lowest BCUT2D eigenvalue weighted by Crippen LogP contribution is -2.48.